The van der Waals surface area contributed by atoms with Gasteiger partial charge in [0.05, 0.1) is 13.2 Å². The zero-order valence-electron chi connectivity index (χ0n) is 12.6. The Hall–Kier alpha value is -1.06. The van der Waals surface area contributed by atoms with Crippen molar-refractivity contribution in [1.29, 1.82) is 0 Å². The number of aliphatic hydroxyl groups excluding tert-OH is 1. The molecule has 0 saturated carbocycles. The maximum atomic E-state index is 9.47. The monoisotopic (exact) mass is 265 g/mol. The van der Waals surface area contributed by atoms with Gasteiger partial charge in [0.2, 0.25) is 0 Å². The lowest BCUT2D eigenvalue weighted by molar-refractivity contribution is 0.145. The summed E-state index contributed by atoms with van der Waals surface area (Å²) in [6.45, 7) is 7.09. The molecule has 1 aromatic rings. The second-order valence-electron chi connectivity index (χ2n) is 5.26. The summed E-state index contributed by atoms with van der Waals surface area (Å²) in [5.74, 6) is 0.968. The lowest BCUT2D eigenvalue weighted by Crippen LogP contribution is -2.46. The molecule has 108 valence electrons. The second kappa shape index (κ2) is 7.51. The van der Waals surface area contributed by atoms with Crippen LogP contribution in [0.5, 0.6) is 5.75 Å². The van der Waals surface area contributed by atoms with Crippen LogP contribution in [0.2, 0.25) is 0 Å². The molecule has 2 N–H and O–H groups in total. The highest BCUT2D eigenvalue weighted by atomic mass is 16.5. The molecule has 0 amide bonds. The van der Waals surface area contributed by atoms with Crippen LogP contribution in [-0.4, -0.2) is 30.9 Å². The van der Waals surface area contributed by atoms with Crippen molar-refractivity contribution in [2.45, 2.75) is 45.6 Å². The van der Waals surface area contributed by atoms with Gasteiger partial charge in [-0.05, 0) is 57.4 Å². The zero-order valence-corrected chi connectivity index (χ0v) is 12.6. The van der Waals surface area contributed by atoms with Crippen LogP contribution < -0.4 is 10.1 Å². The number of hydrogen-bond acceptors (Lipinski definition) is 3. The molecule has 3 heteroatoms. The van der Waals surface area contributed by atoms with Gasteiger partial charge in [0.25, 0.3) is 0 Å². The fraction of sp³-hybridized carbons (Fsp3) is 0.625. The van der Waals surface area contributed by atoms with Crippen LogP contribution in [0.25, 0.3) is 0 Å². The van der Waals surface area contributed by atoms with Gasteiger partial charge >= 0.3 is 0 Å². The van der Waals surface area contributed by atoms with Crippen molar-refractivity contribution in [3.63, 3.8) is 0 Å². The number of aryl methyl sites for hydroxylation is 2. The van der Waals surface area contributed by atoms with E-state index in [-0.39, 0.29) is 12.1 Å². The predicted octanol–water partition coefficient (Wildman–Crippen LogP) is 2.82. The van der Waals surface area contributed by atoms with E-state index in [9.17, 15) is 5.11 Å². The summed E-state index contributed by atoms with van der Waals surface area (Å²) in [6, 6.07) is 6.26. The normalized spacial score (nSPS) is 14.2. The van der Waals surface area contributed by atoms with Crippen molar-refractivity contribution in [1.82, 2.24) is 5.32 Å². The zero-order chi connectivity index (χ0) is 14.3. The largest absolute Gasteiger partial charge is 0.493 e. The fourth-order valence-electron chi connectivity index (χ4n) is 2.20. The first kappa shape index (κ1) is 16.0. The van der Waals surface area contributed by atoms with Gasteiger partial charge in [0.1, 0.15) is 5.75 Å². The molecule has 0 aliphatic rings. The molecule has 0 saturated heterocycles. The molecule has 1 unspecified atom stereocenters. The Labute approximate surface area is 117 Å². The maximum Gasteiger partial charge on any atom is 0.122 e. The van der Waals surface area contributed by atoms with E-state index in [1.54, 1.807) is 0 Å². The standard InChI is InChI=1S/C16H27NO2/c1-5-16(12-18,17-4)9-6-10-19-15-11-13(2)7-8-14(15)3/h7-8,11,17-18H,5-6,9-10,12H2,1-4H3. The molecule has 1 atom stereocenters. The molecule has 0 spiro atoms. The Bertz CT molecular complexity index is 378. The van der Waals surface area contributed by atoms with Crippen LogP contribution in [0.3, 0.4) is 0 Å². The number of likely N-dealkylation sites (N-methyl/N-ethyl adjacent to an activating group) is 1. The average Bonchev–Trinajstić information content (AvgIpc) is 2.43. The van der Waals surface area contributed by atoms with Gasteiger partial charge in [0, 0.05) is 5.54 Å². The van der Waals surface area contributed by atoms with E-state index in [0.717, 1.165) is 25.0 Å². The van der Waals surface area contributed by atoms with Crippen LogP contribution >= 0.6 is 0 Å². The SMILES string of the molecule is CCC(CO)(CCCOc1cc(C)ccc1C)NC. The molecule has 1 aromatic carbocycles. The Morgan fingerprint density at radius 1 is 1.32 bits per heavy atom. The van der Waals surface area contributed by atoms with Crippen molar-refractivity contribution >= 4 is 0 Å². The average molecular weight is 265 g/mol. The summed E-state index contributed by atoms with van der Waals surface area (Å²) in [5, 5.41) is 12.7. The summed E-state index contributed by atoms with van der Waals surface area (Å²) in [4.78, 5) is 0. The van der Waals surface area contributed by atoms with E-state index in [0.29, 0.717) is 6.61 Å². The Morgan fingerprint density at radius 2 is 2.05 bits per heavy atom. The Kier molecular flexibility index (Phi) is 6.32. The third-order valence-corrected chi connectivity index (χ3v) is 3.91. The second-order valence-corrected chi connectivity index (χ2v) is 5.26. The molecular formula is C16H27NO2. The van der Waals surface area contributed by atoms with Crippen molar-refractivity contribution in [3.8, 4) is 5.75 Å². The van der Waals surface area contributed by atoms with E-state index in [4.69, 9.17) is 4.74 Å². The molecule has 19 heavy (non-hydrogen) atoms. The highest BCUT2D eigenvalue weighted by molar-refractivity contribution is 5.35. The molecule has 0 aliphatic heterocycles. The van der Waals surface area contributed by atoms with Crippen LogP contribution in [0, 0.1) is 13.8 Å². The van der Waals surface area contributed by atoms with Crippen LogP contribution in [0.15, 0.2) is 18.2 Å². The first-order valence-corrected chi connectivity index (χ1v) is 7.06. The van der Waals surface area contributed by atoms with Gasteiger partial charge < -0.3 is 15.2 Å². The minimum atomic E-state index is -0.162. The Morgan fingerprint density at radius 3 is 2.63 bits per heavy atom. The molecular weight excluding hydrogens is 238 g/mol. The summed E-state index contributed by atoms with van der Waals surface area (Å²) in [7, 11) is 1.91. The van der Waals surface area contributed by atoms with Crippen LogP contribution in [0.4, 0.5) is 0 Å². The first-order chi connectivity index (χ1) is 9.06. The molecule has 0 bridgehead atoms. The number of nitrogens with one attached hydrogen (secondary N) is 1. The molecule has 0 heterocycles. The maximum absolute atomic E-state index is 9.47. The van der Waals surface area contributed by atoms with Gasteiger partial charge in [-0.25, -0.2) is 0 Å². The van der Waals surface area contributed by atoms with Crippen molar-refractivity contribution < 1.29 is 9.84 Å². The molecule has 0 aromatic heterocycles. The van der Waals surface area contributed by atoms with Gasteiger partial charge in [-0.3, -0.25) is 0 Å². The van der Waals surface area contributed by atoms with Crippen LogP contribution in [0.1, 0.15) is 37.3 Å². The number of rotatable bonds is 8. The molecule has 0 radical (unpaired) electrons. The molecule has 1 rings (SSSR count). The number of aliphatic hydroxyl groups is 1. The smallest absolute Gasteiger partial charge is 0.122 e. The van der Waals surface area contributed by atoms with Gasteiger partial charge in [-0.1, -0.05) is 19.1 Å². The fourth-order valence-corrected chi connectivity index (χ4v) is 2.20. The van der Waals surface area contributed by atoms with Gasteiger partial charge in [-0.2, -0.15) is 0 Å². The molecule has 3 nitrogen and oxygen atoms in total. The van der Waals surface area contributed by atoms with E-state index in [1.807, 2.05) is 7.05 Å². The molecule has 0 aliphatic carbocycles. The quantitative estimate of drug-likeness (QED) is 0.710. The third kappa shape index (κ3) is 4.51. The summed E-state index contributed by atoms with van der Waals surface area (Å²) >= 11 is 0. The lowest BCUT2D eigenvalue weighted by atomic mass is 9.92. The predicted molar refractivity (Wildman–Crippen MR) is 79.8 cm³/mol. The van der Waals surface area contributed by atoms with E-state index < -0.39 is 0 Å². The highest BCUT2D eigenvalue weighted by Crippen LogP contribution is 2.21. The number of benzene rings is 1. The van der Waals surface area contributed by atoms with Gasteiger partial charge in [-0.15, -0.1) is 0 Å². The van der Waals surface area contributed by atoms with Crippen molar-refractivity contribution in [2.75, 3.05) is 20.3 Å². The topological polar surface area (TPSA) is 41.5 Å². The summed E-state index contributed by atoms with van der Waals surface area (Å²) in [6.07, 6.45) is 2.77. The van der Waals surface area contributed by atoms with E-state index >= 15 is 0 Å². The Balaban J connectivity index is 2.44. The summed E-state index contributed by atoms with van der Waals surface area (Å²) in [5.41, 5.74) is 2.22. The van der Waals surface area contributed by atoms with Gasteiger partial charge in [0.15, 0.2) is 0 Å². The highest BCUT2D eigenvalue weighted by Gasteiger charge is 2.24. The lowest BCUT2D eigenvalue weighted by Gasteiger charge is -2.30. The minimum Gasteiger partial charge on any atom is -0.493 e. The minimum absolute atomic E-state index is 0.162. The van der Waals surface area contributed by atoms with Crippen LogP contribution in [-0.2, 0) is 0 Å². The van der Waals surface area contributed by atoms with Crippen molar-refractivity contribution in [3.05, 3.63) is 29.3 Å². The van der Waals surface area contributed by atoms with E-state index in [2.05, 4.69) is 44.3 Å². The number of ether oxygens (including phenoxy) is 1. The third-order valence-electron chi connectivity index (χ3n) is 3.91. The number of hydrogen-bond donors (Lipinski definition) is 2. The molecule has 0 fully saturated rings. The van der Waals surface area contributed by atoms with Crippen molar-refractivity contribution in [2.24, 2.45) is 0 Å². The van der Waals surface area contributed by atoms with E-state index in [1.165, 1.54) is 11.1 Å². The first-order valence-electron chi connectivity index (χ1n) is 7.06. The summed E-state index contributed by atoms with van der Waals surface area (Å²) < 4.78 is 5.84.